The Morgan fingerprint density at radius 1 is 1.50 bits per heavy atom. The van der Waals surface area contributed by atoms with Crippen molar-refractivity contribution in [1.82, 2.24) is 0 Å². The van der Waals surface area contributed by atoms with Crippen LogP contribution < -0.4 is 0 Å². The second-order valence-electron chi connectivity index (χ2n) is 2.64. The summed E-state index contributed by atoms with van der Waals surface area (Å²) >= 11 is 0. The molecule has 0 aliphatic heterocycles. The third-order valence-corrected chi connectivity index (χ3v) is 1.49. The predicted molar refractivity (Wildman–Crippen MR) is 44.8 cm³/mol. The molecular formula is C9H14O3. The second-order valence-corrected chi connectivity index (χ2v) is 2.64. The number of furan rings is 1. The molecule has 0 saturated heterocycles. The Balaban J connectivity index is 2.15. The van der Waals surface area contributed by atoms with Crippen LogP contribution in [0, 0.1) is 6.92 Å². The minimum Gasteiger partial charge on any atom is -0.464 e. The lowest BCUT2D eigenvalue weighted by atomic mass is 10.4. The first kappa shape index (κ1) is 9.29. The number of hydrogen-bond acceptors (Lipinski definition) is 3. The lowest BCUT2D eigenvalue weighted by molar-refractivity contribution is 0.0913. The fourth-order valence-electron chi connectivity index (χ4n) is 0.902. The van der Waals surface area contributed by atoms with Gasteiger partial charge in [-0.15, -0.1) is 0 Å². The van der Waals surface area contributed by atoms with E-state index in [9.17, 15) is 0 Å². The first-order valence-corrected chi connectivity index (χ1v) is 4.07. The Morgan fingerprint density at radius 3 is 2.92 bits per heavy atom. The zero-order chi connectivity index (χ0) is 8.81. The molecule has 1 N–H and O–H groups in total. The number of aliphatic hydroxyl groups excluding tert-OH is 1. The van der Waals surface area contributed by atoms with Crippen LogP contribution in [0.15, 0.2) is 16.5 Å². The highest BCUT2D eigenvalue weighted by Gasteiger charge is 1.97. The van der Waals surface area contributed by atoms with E-state index in [0.717, 1.165) is 11.5 Å². The van der Waals surface area contributed by atoms with Crippen LogP contribution in [0.3, 0.4) is 0 Å². The van der Waals surface area contributed by atoms with Crippen molar-refractivity contribution in [3.8, 4) is 0 Å². The standard InChI is InChI=1S/C9H14O3/c1-8-3-4-9(12-8)7-11-6-2-5-10/h3-4,10H,2,5-7H2,1H3. The Kier molecular flexibility index (Phi) is 3.84. The van der Waals surface area contributed by atoms with Gasteiger partial charge in [-0.25, -0.2) is 0 Å². The lowest BCUT2D eigenvalue weighted by Crippen LogP contribution is -1.96. The molecule has 0 aliphatic carbocycles. The maximum absolute atomic E-state index is 8.46. The van der Waals surface area contributed by atoms with Crippen molar-refractivity contribution in [3.63, 3.8) is 0 Å². The van der Waals surface area contributed by atoms with E-state index in [2.05, 4.69) is 0 Å². The highest BCUT2D eigenvalue weighted by molar-refractivity contribution is 5.04. The molecule has 1 aromatic heterocycles. The van der Waals surface area contributed by atoms with E-state index in [1.54, 1.807) is 0 Å². The molecule has 12 heavy (non-hydrogen) atoms. The summed E-state index contributed by atoms with van der Waals surface area (Å²) in [5, 5.41) is 8.46. The molecule has 1 rings (SSSR count). The summed E-state index contributed by atoms with van der Waals surface area (Å²) in [5.41, 5.74) is 0. The topological polar surface area (TPSA) is 42.6 Å². The smallest absolute Gasteiger partial charge is 0.129 e. The Morgan fingerprint density at radius 2 is 2.33 bits per heavy atom. The van der Waals surface area contributed by atoms with Gasteiger partial charge in [-0.05, 0) is 25.5 Å². The van der Waals surface area contributed by atoms with Gasteiger partial charge in [0.15, 0.2) is 0 Å². The highest BCUT2D eigenvalue weighted by atomic mass is 16.5. The summed E-state index contributed by atoms with van der Waals surface area (Å²) in [7, 11) is 0. The maximum Gasteiger partial charge on any atom is 0.129 e. The number of ether oxygens (including phenoxy) is 1. The summed E-state index contributed by atoms with van der Waals surface area (Å²) in [6.07, 6.45) is 0.680. The third kappa shape index (κ3) is 3.07. The van der Waals surface area contributed by atoms with Gasteiger partial charge in [0.05, 0.1) is 0 Å². The fourth-order valence-corrected chi connectivity index (χ4v) is 0.902. The van der Waals surface area contributed by atoms with E-state index in [4.69, 9.17) is 14.3 Å². The van der Waals surface area contributed by atoms with Crippen LogP contribution >= 0.6 is 0 Å². The number of aryl methyl sites for hydroxylation is 1. The molecule has 0 atom stereocenters. The van der Waals surface area contributed by atoms with Gasteiger partial charge >= 0.3 is 0 Å². The van der Waals surface area contributed by atoms with Crippen molar-refractivity contribution >= 4 is 0 Å². The molecule has 0 spiro atoms. The maximum atomic E-state index is 8.46. The molecule has 1 heterocycles. The van der Waals surface area contributed by atoms with Gasteiger partial charge in [-0.2, -0.15) is 0 Å². The summed E-state index contributed by atoms with van der Waals surface area (Å²) < 4.78 is 10.5. The van der Waals surface area contributed by atoms with Gasteiger partial charge in [-0.1, -0.05) is 0 Å². The van der Waals surface area contributed by atoms with E-state index < -0.39 is 0 Å². The van der Waals surface area contributed by atoms with Gasteiger partial charge in [0, 0.05) is 13.2 Å². The van der Waals surface area contributed by atoms with E-state index in [1.807, 2.05) is 19.1 Å². The molecule has 68 valence electrons. The van der Waals surface area contributed by atoms with E-state index in [1.165, 1.54) is 0 Å². The minimum atomic E-state index is 0.178. The fraction of sp³-hybridized carbons (Fsp3) is 0.556. The van der Waals surface area contributed by atoms with Crippen molar-refractivity contribution in [3.05, 3.63) is 23.7 Å². The van der Waals surface area contributed by atoms with Crippen molar-refractivity contribution in [1.29, 1.82) is 0 Å². The average Bonchev–Trinajstić information content (AvgIpc) is 2.45. The van der Waals surface area contributed by atoms with Crippen LogP contribution in [0.2, 0.25) is 0 Å². The molecule has 3 heteroatoms. The van der Waals surface area contributed by atoms with Crippen molar-refractivity contribution in [2.24, 2.45) is 0 Å². The van der Waals surface area contributed by atoms with Gasteiger partial charge in [0.2, 0.25) is 0 Å². The molecule has 0 aromatic carbocycles. The predicted octanol–water partition coefficient (Wildman–Crippen LogP) is 1.49. The SMILES string of the molecule is Cc1ccc(COCCCO)o1. The molecule has 3 nitrogen and oxygen atoms in total. The van der Waals surface area contributed by atoms with Crippen molar-refractivity contribution in [2.45, 2.75) is 20.0 Å². The monoisotopic (exact) mass is 170 g/mol. The van der Waals surface area contributed by atoms with Crippen LogP contribution in [0.4, 0.5) is 0 Å². The van der Waals surface area contributed by atoms with Gasteiger partial charge < -0.3 is 14.3 Å². The molecule has 1 aromatic rings. The van der Waals surface area contributed by atoms with Crippen LogP contribution in [-0.4, -0.2) is 18.3 Å². The summed E-state index contributed by atoms with van der Waals surface area (Å²) in [6, 6.07) is 3.80. The summed E-state index contributed by atoms with van der Waals surface area (Å²) in [6.45, 7) is 3.15. The Bertz CT molecular complexity index is 217. The molecule has 0 amide bonds. The van der Waals surface area contributed by atoms with Gasteiger partial charge in [0.1, 0.15) is 18.1 Å². The quantitative estimate of drug-likeness (QED) is 0.681. The third-order valence-electron chi connectivity index (χ3n) is 1.49. The lowest BCUT2D eigenvalue weighted by Gasteiger charge is -1.98. The Labute approximate surface area is 72.0 Å². The zero-order valence-electron chi connectivity index (χ0n) is 7.25. The zero-order valence-corrected chi connectivity index (χ0v) is 7.25. The first-order chi connectivity index (χ1) is 5.83. The van der Waals surface area contributed by atoms with Gasteiger partial charge in [0.25, 0.3) is 0 Å². The molecular weight excluding hydrogens is 156 g/mol. The average molecular weight is 170 g/mol. The summed E-state index contributed by atoms with van der Waals surface area (Å²) in [5.74, 6) is 1.74. The van der Waals surface area contributed by atoms with Crippen molar-refractivity contribution < 1.29 is 14.3 Å². The highest BCUT2D eigenvalue weighted by Crippen LogP contribution is 2.07. The van der Waals surface area contributed by atoms with E-state index in [-0.39, 0.29) is 6.61 Å². The summed E-state index contributed by atoms with van der Waals surface area (Å²) in [4.78, 5) is 0. The second kappa shape index (κ2) is 4.95. The van der Waals surface area contributed by atoms with E-state index in [0.29, 0.717) is 19.6 Å². The molecule has 0 aliphatic rings. The molecule has 0 bridgehead atoms. The number of rotatable bonds is 5. The number of hydrogen-bond donors (Lipinski definition) is 1. The molecule has 0 fully saturated rings. The number of aliphatic hydroxyl groups is 1. The van der Waals surface area contributed by atoms with Gasteiger partial charge in [-0.3, -0.25) is 0 Å². The van der Waals surface area contributed by atoms with E-state index >= 15 is 0 Å². The van der Waals surface area contributed by atoms with Crippen LogP contribution in [-0.2, 0) is 11.3 Å². The molecule has 0 unspecified atom stereocenters. The van der Waals surface area contributed by atoms with Crippen LogP contribution in [0.5, 0.6) is 0 Å². The molecule has 0 radical (unpaired) electrons. The normalized spacial score (nSPS) is 10.5. The van der Waals surface area contributed by atoms with Crippen molar-refractivity contribution in [2.75, 3.05) is 13.2 Å². The van der Waals surface area contributed by atoms with Crippen LogP contribution in [0.25, 0.3) is 0 Å². The first-order valence-electron chi connectivity index (χ1n) is 4.07. The minimum absolute atomic E-state index is 0.178. The molecule has 0 saturated carbocycles. The Hall–Kier alpha value is -0.800. The van der Waals surface area contributed by atoms with Crippen LogP contribution in [0.1, 0.15) is 17.9 Å². The largest absolute Gasteiger partial charge is 0.464 e.